The van der Waals surface area contributed by atoms with Crippen LogP contribution < -0.4 is 10.6 Å². The Morgan fingerprint density at radius 2 is 2.25 bits per heavy atom. The molecule has 110 valence electrons. The second-order valence-corrected chi connectivity index (χ2v) is 5.37. The van der Waals surface area contributed by atoms with Crippen LogP contribution in [0.2, 0.25) is 0 Å². The van der Waals surface area contributed by atoms with Crippen LogP contribution in [0, 0.1) is 10.1 Å². The Labute approximate surface area is 125 Å². The van der Waals surface area contributed by atoms with Gasteiger partial charge in [-0.1, -0.05) is 0 Å². The molecule has 0 unspecified atom stereocenters. The molecule has 1 saturated heterocycles. The number of halogens is 1. The summed E-state index contributed by atoms with van der Waals surface area (Å²) in [7, 11) is 0. The third kappa shape index (κ3) is 4.12. The van der Waals surface area contributed by atoms with Crippen molar-refractivity contribution in [3.8, 4) is 0 Å². The van der Waals surface area contributed by atoms with E-state index in [1.807, 2.05) is 0 Å². The molecule has 0 saturated carbocycles. The van der Waals surface area contributed by atoms with E-state index in [9.17, 15) is 10.1 Å². The van der Waals surface area contributed by atoms with Crippen LogP contribution in [0.5, 0.6) is 0 Å². The fourth-order valence-corrected chi connectivity index (χ4v) is 2.56. The molecule has 1 aliphatic rings. The van der Waals surface area contributed by atoms with Gasteiger partial charge in [-0.05, 0) is 41.9 Å². The van der Waals surface area contributed by atoms with Crippen molar-refractivity contribution in [2.45, 2.75) is 18.9 Å². The molecular formula is C12H17BrN4O3. The Morgan fingerprint density at radius 1 is 1.50 bits per heavy atom. The van der Waals surface area contributed by atoms with Gasteiger partial charge < -0.3 is 15.4 Å². The average Bonchev–Trinajstić information content (AvgIpc) is 2.45. The fraction of sp³-hybridized carbons (Fsp3) is 0.583. The van der Waals surface area contributed by atoms with Crippen LogP contribution in [-0.2, 0) is 4.74 Å². The molecule has 0 atom stereocenters. The normalized spacial score (nSPS) is 16.1. The van der Waals surface area contributed by atoms with Crippen LogP contribution in [-0.4, -0.2) is 42.3 Å². The molecule has 0 aromatic carbocycles. The van der Waals surface area contributed by atoms with E-state index in [2.05, 4.69) is 31.5 Å². The molecule has 20 heavy (non-hydrogen) atoms. The van der Waals surface area contributed by atoms with Gasteiger partial charge in [-0.25, -0.2) is 0 Å². The van der Waals surface area contributed by atoms with E-state index in [4.69, 9.17) is 4.74 Å². The summed E-state index contributed by atoms with van der Waals surface area (Å²) >= 11 is 3.27. The predicted molar refractivity (Wildman–Crippen MR) is 78.9 cm³/mol. The Kier molecular flexibility index (Phi) is 5.69. The maximum Gasteiger partial charge on any atom is 0.311 e. The molecule has 2 N–H and O–H groups in total. The second-order valence-electron chi connectivity index (χ2n) is 4.52. The lowest BCUT2D eigenvalue weighted by Gasteiger charge is -2.23. The molecule has 1 aliphatic heterocycles. The minimum Gasteiger partial charge on any atom is -0.376 e. The van der Waals surface area contributed by atoms with Crippen LogP contribution in [0.4, 0.5) is 11.4 Å². The number of hydrogen-bond donors (Lipinski definition) is 2. The first-order valence-electron chi connectivity index (χ1n) is 6.52. The summed E-state index contributed by atoms with van der Waals surface area (Å²) in [6.45, 7) is 3.02. The largest absolute Gasteiger partial charge is 0.376 e. The first-order valence-corrected chi connectivity index (χ1v) is 7.32. The highest BCUT2D eigenvalue weighted by molar-refractivity contribution is 9.10. The van der Waals surface area contributed by atoms with E-state index in [1.165, 1.54) is 12.4 Å². The van der Waals surface area contributed by atoms with Crippen molar-refractivity contribution in [1.29, 1.82) is 0 Å². The Morgan fingerprint density at radius 3 is 2.95 bits per heavy atom. The molecule has 0 amide bonds. The van der Waals surface area contributed by atoms with E-state index in [0.29, 0.717) is 23.3 Å². The van der Waals surface area contributed by atoms with Gasteiger partial charge in [-0.15, -0.1) is 0 Å². The van der Waals surface area contributed by atoms with Gasteiger partial charge in [0, 0.05) is 12.7 Å². The van der Waals surface area contributed by atoms with Crippen LogP contribution in [0.15, 0.2) is 16.9 Å². The number of pyridine rings is 1. The van der Waals surface area contributed by atoms with E-state index >= 15 is 0 Å². The maximum absolute atomic E-state index is 10.9. The number of nitrogens with zero attached hydrogens (tertiary/aromatic N) is 2. The number of hydrogen-bond acceptors (Lipinski definition) is 6. The zero-order chi connectivity index (χ0) is 14.4. The second kappa shape index (κ2) is 7.51. The first kappa shape index (κ1) is 15.1. The summed E-state index contributed by atoms with van der Waals surface area (Å²) in [5.41, 5.74) is 0.403. The van der Waals surface area contributed by atoms with Crippen LogP contribution in [0.3, 0.4) is 0 Å². The van der Waals surface area contributed by atoms with Gasteiger partial charge in [0.15, 0.2) is 0 Å². The summed E-state index contributed by atoms with van der Waals surface area (Å²) < 4.78 is 6.32. The lowest BCUT2D eigenvalue weighted by molar-refractivity contribution is -0.384. The molecule has 1 aromatic heterocycles. The third-order valence-corrected chi connectivity index (χ3v) is 3.72. The smallest absolute Gasteiger partial charge is 0.311 e. The monoisotopic (exact) mass is 344 g/mol. The number of ether oxygens (including phenoxy) is 1. The minimum absolute atomic E-state index is 0.0405. The van der Waals surface area contributed by atoms with Gasteiger partial charge in [-0.2, -0.15) is 0 Å². The molecule has 0 spiro atoms. The van der Waals surface area contributed by atoms with Crippen molar-refractivity contribution >= 4 is 27.3 Å². The van der Waals surface area contributed by atoms with Gasteiger partial charge in [0.05, 0.1) is 22.1 Å². The molecule has 1 aromatic rings. The highest BCUT2D eigenvalue weighted by Gasteiger charge is 2.17. The minimum atomic E-state index is -0.451. The summed E-state index contributed by atoms with van der Waals surface area (Å²) in [5.74, 6) is 0. The van der Waals surface area contributed by atoms with Gasteiger partial charge >= 0.3 is 5.69 Å². The first-order chi connectivity index (χ1) is 9.68. The Bertz CT molecular complexity index is 466. The molecule has 0 bridgehead atoms. The van der Waals surface area contributed by atoms with Crippen molar-refractivity contribution in [3.05, 3.63) is 27.0 Å². The van der Waals surface area contributed by atoms with E-state index in [0.717, 1.165) is 25.9 Å². The van der Waals surface area contributed by atoms with Gasteiger partial charge in [-0.3, -0.25) is 15.1 Å². The van der Waals surface area contributed by atoms with Crippen LogP contribution >= 0.6 is 15.9 Å². The lowest BCUT2D eigenvalue weighted by atomic mass is 10.1. The number of nitrogens with one attached hydrogen (secondary N) is 2. The summed E-state index contributed by atoms with van der Waals surface area (Å²) in [5, 5.41) is 17.2. The van der Waals surface area contributed by atoms with Crippen molar-refractivity contribution in [2.24, 2.45) is 0 Å². The van der Waals surface area contributed by atoms with Crippen LogP contribution in [0.1, 0.15) is 12.8 Å². The molecule has 2 heterocycles. The van der Waals surface area contributed by atoms with E-state index in [1.54, 1.807) is 0 Å². The average molecular weight is 345 g/mol. The molecule has 1 fully saturated rings. The van der Waals surface area contributed by atoms with Gasteiger partial charge in [0.2, 0.25) is 0 Å². The topological polar surface area (TPSA) is 89.3 Å². The van der Waals surface area contributed by atoms with Crippen molar-refractivity contribution in [3.63, 3.8) is 0 Å². The van der Waals surface area contributed by atoms with E-state index < -0.39 is 4.92 Å². The highest BCUT2D eigenvalue weighted by atomic mass is 79.9. The number of aromatic nitrogens is 1. The van der Waals surface area contributed by atoms with Gasteiger partial charge in [0.1, 0.15) is 11.9 Å². The zero-order valence-corrected chi connectivity index (χ0v) is 12.6. The van der Waals surface area contributed by atoms with Crippen molar-refractivity contribution in [1.82, 2.24) is 10.3 Å². The molecular weight excluding hydrogens is 328 g/mol. The summed E-state index contributed by atoms with van der Waals surface area (Å²) in [6, 6.07) is 0. The van der Waals surface area contributed by atoms with Crippen molar-refractivity contribution in [2.75, 3.05) is 31.6 Å². The number of nitro groups is 1. The highest BCUT2D eigenvalue weighted by Crippen LogP contribution is 2.30. The number of rotatable bonds is 6. The Balaban J connectivity index is 1.83. The fourth-order valence-electron chi connectivity index (χ4n) is 2.10. The molecule has 8 heteroatoms. The van der Waals surface area contributed by atoms with E-state index in [-0.39, 0.29) is 11.8 Å². The van der Waals surface area contributed by atoms with Gasteiger partial charge in [0.25, 0.3) is 0 Å². The number of piperidine rings is 1. The summed E-state index contributed by atoms with van der Waals surface area (Å²) in [6.07, 6.45) is 5.08. The quantitative estimate of drug-likeness (QED) is 0.465. The molecule has 7 nitrogen and oxygen atoms in total. The van der Waals surface area contributed by atoms with Crippen LogP contribution in [0.25, 0.3) is 0 Å². The molecule has 0 aliphatic carbocycles. The molecule has 0 radical (unpaired) electrons. The summed E-state index contributed by atoms with van der Waals surface area (Å²) in [4.78, 5) is 14.3. The number of anilines is 1. The third-order valence-electron chi connectivity index (χ3n) is 3.12. The lowest BCUT2D eigenvalue weighted by Crippen LogP contribution is -2.33. The van der Waals surface area contributed by atoms with Crippen molar-refractivity contribution < 1.29 is 9.66 Å². The zero-order valence-electron chi connectivity index (χ0n) is 11.0. The SMILES string of the molecule is O=[N+]([O-])c1cncc(Br)c1NCCOC1CCNCC1. The predicted octanol–water partition coefficient (Wildman–Crippen LogP) is 1.93. The standard InChI is InChI=1S/C12H17BrN4O3/c13-10-7-15-8-11(17(18)19)12(10)16-5-6-20-9-1-3-14-4-2-9/h7-9,14H,1-6H2,(H,15,16). The molecule has 2 rings (SSSR count). The maximum atomic E-state index is 10.9. The Hall–Kier alpha value is -1.25.